The largest absolute Gasteiger partial charge is 0.489 e. The third-order valence-electron chi connectivity index (χ3n) is 6.36. The Morgan fingerprint density at radius 3 is 2.62 bits per heavy atom. The number of nitrogens with one attached hydrogen (secondary N) is 1. The molecule has 0 saturated heterocycles. The van der Waals surface area contributed by atoms with Crippen molar-refractivity contribution >= 4 is 50.9 Å². The van der Waals surface area contributed by atoms with E-state index in [1.54, 1.807) is 11.6 Å². The molecule has 0 radical (unpaired) electrons. The predicted molar refractivity (Wildman–Crippen MR) is 164 cm³/mol. The van der Waals surface area contributed by atoms with Crippen molar-refractivity contribution in [3.63, 3.8) is 0 Å². The first-order valence-corrected chi connectivity index (χ1v) is 15.6. The van der Waals surface area contributed by atoms with Crippen molar-refractivity contribution in [3.8, 4) is 16.3 Å². The Morgan fingerprint density at radius 2 is 1.83 bits per heavy atom. The van der Waals surface area contributed by atoms with Crippen LogP contribution in [-0.2, 0) is 16.1 Å². The van der Waals surface area contributed by atoms with Gasteiger partial charge in [-0.25, -0.2) is 4.79 Å². The number of tetrazole rings is 1. The van der Waals surface area contributed by atoms with Crippen LogP contribution >= 0.6 is 39.0 Å². The molecule has 2 aromatic heterocycles. The highest BCUT2D eigenvalue weighted by molar-refractivity contribution is 9.10. The summed E-state index contributed by atoms with van der Waals surface area (Å²) in [7, 11) is 0. The Kier molecular flexibility index (Phi) is 8.58. The first-order valence-electron chi connectivity index (χ1n) is 13.0. The second-order valence-corrected chi connectivity index (χ2v) is 12.2. The Hall–Kier alpha value is -4.07. The highest BCUT2D eigenvalue weighted by Gasteiger charge is 2.38. The molecular weight excluding hydrogens is 638 g/mol. The monoisotopic (exact) mass is 661 g/mol. The number of carbonyl (C=O) groups excluding carboxylic acids is 1. The van der Waals surface area contributed by atoms with E-state index in [9.17, 15) is 4.79 Å². The number of hydrogen-bond donors (Lipinski definition) is 1. The molecule has 3 heterocycles. The smallest absolute Gasteiger partial charge is 0.338 e. The fourth-order valence-corrected chi connectivity index (χ4v) is 6.69. The zero-order valence-corrected chi connectivity index (χ0v) is 25.5. The second-order valence-electron chi connectivity index (χ2n) is 9.07. The van der Waals surface area contributed by atoms with E-state index in [1.165, 1.54) is 23.1 Å². The van der Waals surface area contributed by atoms with Gasteiger partial charge in [-0.15, -0.1) is 10.2 Å². The molecule has 3 aromatic carbocycles. The lowest BCUT2D eigenvalue weighted by Crippen LogP contribution is -2.31. The minimum absolute atomic E-state index is 0.213. The molecule has 0 fully saturated rings. The van der Waals surface area contributed by atoms with E-state index >= 15 is 0 Å². The number of carbonyl (C=O) groups is 1. The van der Waals surface area contributed by atoms with Crippen LogP contribution in [0.25, 0.3) is 10.6 Å². The molecule has 0 amide bonds. The highest BCUT2D eigenvalue weighted by atomic mass is 79.9. The van der Waals surface area contributed by atoms with Gasteiger partial charge in [0.15, 0.2) is 4.34 Å². The van der Waals surface area contributed by atoms with Crippen LogP contribution in [0.5, 0.6) is 5.75 Å². The number of anilines is 1. The number of fused-ring (bicyclic) bond motifs is 1. The molecule has 1 atom stereocenters. The van der Waals surface area contributed by atoms with Crippen molar-refractivity contribution < 1.29 is 14.3 Å². The third kappa shape index (κ3) is 6.08. The number of rotatable bonds is 10. The van der Waals surface area contributed by atoms with Crippen LogP contribution in [0.4, 0.5) is 5.95 Å². The molecular formula is C29H24BrN7O3S2. The van der Waals surface area contributed by atoms with Crippen molar-refractivity contribution in [3.05, 3.63) is 106 Å². The van der Waals surface area contributed by atoms with Crippen LogP contribution in [0.15, 0.2) is 98.9 Å². The maximum absolute atomic E-state index is 13.6. The third-order valence-corrected chi connectivity index (χ3v) is 8.99. The van der Waals surface area contributed by atoms with Crippen molar-refractivity contribution in [1.82, 2.24) is 30.4 Å². The topological polar surface area (TPSA) is 117 Å². The fourth-order valence-electron chi connectivity index (χ4n) is 4.48. The van der Waals surface area contributed by atoms with E-state index in [2.05, 4.69) is 47.0 Å². The molecule has 1 unspecified atom stereocenters. The molecule has 0 aliphatic carbocycles. The number of hydrogen-bond acceptors (Lipinski definition) is 11. The van der Waals surface area contributed by atoms with E-state index in [-0.39, 0.29) is 6.61 Å². The van der Waals surface area contributed by atoms with Gasteiger partial charge in [0.2, 0.25) is 5.95 Å². The Labute approximate surface area is 258 Å². The normalized spacial score (nSPS) is 14.3. The summed E-state index contributed by atoms with van der Waals surface area (Å²) in [5.74, 6) is 0.915. The molecule has 13 heteroatoms. The second kappa shape index (κ2) is 12.8. The van der Waals surface area contributed by atoms with E-state index in [0.717, 1.165) is 24.9 Å². The minimum Gasteiger partial charge on any atom is -0.489 e. The number of thioether (sulfide) groups is 1. The molecule has 1 aliphatic rings. The number of halogens is 1. The fraction of sp³-hybridized carbons (Fsp3) is 0.172. The molecule has 10 nitrogen and oxygen atoms in total. The van der Waals surface area contributed by atoms with Crippen molar-refractivity contribution in [2.24, 2.45) is 0 Å². The van der Waals surface area contributed by atoms with E-state index in [0.29, 0.717) is 40.9 Å². The van der Waals surface area contributed by atoms with Crippen LogP contribution in [-0.4, -0.2) is 48.7 Å². The van der Waals surface area contributed by atoms with Gasteiger partial charge in [0, 0.05) is 27.0 Å². The van der Waals surface area contributed by atoms with Gasteiger partial charge in [0.1, 0.15) is 23.4 Å². The zero-order valence-electron chi connectivity index (χ0n) is 22.3. The molecule has 1 aliphatic heterocycles. The van der Waals surface area contributed by atoms with Crippen molar-refractivity contribution in [2.45, 2.75) is 23.9 Å². The lowest BCUT2D eigenvalue weighted by Gasteiger charge is -2.29. The van der Waals surface area contributed by atoms with Gasteiger partial charge < -0.3 is 14.8 Å². The summed E-state index contributed by atoms with van der Waals surface area (Å²) in [6, 6.07) is 24.8. The van der Waals surface area contributed by atoms with E-state index < -0.39 is 12.0 Å². The first kappa shape index (κ1) is 28.1. The number of benzene rings is 3. The van der Waals surface area contributed by atoms with Gasteiger partial charge in [0.05, 0.1) is 12.2 Å². The van der Waals surface area contributed by atoms with E-state index in [4.69, 9.17) is 9.47 Å². The lowest BCUT2D eigenvalue weighted by molar-refractivity contribution is -0.139. The lowest BCUT2D eigenvalue weighted by atomic mass is 9.95. The number of ether oxygens (including phenoxy) is 2. The molecule has 0 bridgehead atoms. The van der Waals surface area contributed by atoms with Gasteiger partial charge in [0.25, 0.3) is 0 Å². The Morgan fingerprint density at radius 1 is 1.05 bits per heavy atom. The SMILES string of the molecule is CCOC(=O)C1=C(CSc2nnc(-c3ccccc3)s2)Nc2nnnn2C1c1cc(Br)ccc1OCc1ccccc1. The quantitative estimate of drug-likeness (QED) is 0.138. The van der Waals surface area contributed by atoms with Gasteiger partial charge in [-0.1, -0.05) is 105 Å². The predicted octanol–water partition coefficient (Wildman–Crippen LogP) is 6.16. The van der Waals surface area contributed by atoms with Gasteiger partial charge >= 0.3 is 5.97 Å². The van der Waals surface area contributed by atoms with Gasteiger partial charge in [-0.2, -0.15) is 4.68 Å². The highest BCUT2D eigenvalue weighted by Crippen LogP contribution is 2.42. The molecule has 0 spiro atoms. The van der Waals surface area contributed by atoms with Crippen molar-refractivity contribution in [2.75, 3.05) is 17.7 Å². The summed E-state index contributed by atoms with van der Waals surface area (Å²) in [5.41, 5.74) is 3.74. The summed E-state index contributed by atoms with van der Waals surface area (Å²) in [5, 5.41) is 25.1. The van der Waals surface area contributed by atoms with E-state index in [1.807, 2.05) is 78.9 Å². The van der Waals surface area contributed by atoms with Crippen LogP contribution in [0.3, 0.4) is 0 Å². The van der Waals surface area contributed by atoms with Crippen LogP contribution in [0, 0.1) is 0 Å². The van der Waals surface area contributed by atoms with Gasteiger partial charge in [-0.3, -0.25) is 0 Å². The molecule has 5 aromatic rings. The summed E-state index contributed by atoms with van der Waals surface area (Å²) in [6.45, 7) is 2.34. The molecule has 1 N–H and O–H groups in total. The molecule has 212 valence electrons. The van der Waals surface area contributed by atoms with Crippen LogP contribution < -0.4 is 10.1 Å². The summed E-state index contributed by atoms with van der Waals surface area (Å²) >= 11 is 6.55. The average Bonchev–Trinajstić information content (AvgIpc) is 3.69. The number of nitrogens with zero attached hydrogens (tertiary/aromatic N) is 6. The first-order chi connectivity index (χ1) is 20.6. The summed E-state index contributed by atoms with van der Waals surface area (Å²) < 4.78 is 15.0. The molecule has 0 saturated carbocycles. The van der Waals surface area contributed by atoms with Crippen molar-refractivity contribution in [1.29, 1.82) is 0 Å². The van der Waals surface area contributed by atoms with Gasteiger partial charge in [-0.05, 0) is 41.1 Å². The summed E-state index contributed by atoms with van der Waals surface area (Å²) in [6.07, 6.45) is 0. The average molecular weight is 663 g/mol. The minimum atomic E-state index is -0.705. The maximum Gasteiger partial charge on any atom is 0.338 e. The standard InChI is InChI=1S/C29H24BrN7O3S2/c1-2-39-27(38)24-22(17-41-29-34-32-26(42-29)19-11-7-4-8-12-19)31-28-33-35-36-37(28)25(24)21-15-20(30)13-14-23(21)40-16-18-9-5-3-6-10-18/h3-15,25H,2,16-17H2,1H3,(H,31,33,36). The zero-order chi connectivity index (χ0) is 28.9. The maximum atomic E-state index is 13.6. The number of esters is 1. The Bertz CT molecular complexity index is 1730. The summed E-state index contributed by atoms with van der Waals surface area (Å²) in [4.78, 5) is 13.6. The number of aromatic nitrogens is 6. The molecule has 42 heavy (non-hydrogen) atoms. The van der Waals surface area contributed by atoms with Crippen LogP contribution in [0.1, 0.15) is 24.1 Å². The van der Waals surface area contributed by atoms with Crippen LogP contribution in [0.2, 0.25) is 0 Å². The Balaban J connectivity index is 1.37. The molecule has 6 rings (SSSR count).